The van der Waals surface area contributed by atoms with Gasteiger partial charge in [-0.05, 0) is 42.7 Å². The number of nitrogens with two attached hydrogens (primary N) is 1. The molecule has 0 saturated heterocycles. The minimum Gasteiger partial charge on any atom is -0.439 e. The number of benzene rings is 1. The molecule has 2 heterocycles. The number of carbonyl (C=O) groups is 1. The van der Waals surface area contributed by atoms with Gasteiger partial charge >= 0.3 is 0 Å². The van der Waals surface area contributed by atoms with Crippen LogP contribution in [0.15, 0.2) is 67.0 Å². The van der Waals surface area contributed by atoms with Gasteiger partial charge in [-0.3, -0.25) is 4.79 Å². The Labute approximate surface area is 163 Å². The number of rotatable bonds is 5. The minimum atomic E-state index is -0.207. The van der Waals surface area contributed by atoms with Crippen molar-refractivity contribution in [3.63, 3.8) is 0 Å². The number of ether oxygens (including phenoxy) is 1. The van der Waals surface area contributed by atoms with Crippen LogP contribution in [0.1, 0.15) is 34.6 Å². The standard InChI is InChI=1S/C22H20N4O2/c1-16(26-22(27)17-6-3-2-4-7-17)18-9-12-25-21(14-18)28-20-10-13-24-19(15-20)8-5-11-23/h2-4,6-7,9-10,12-16H,11,23H2,1H3,(H,26,27). The van der Waals surface area contributed by atoms with Crippen molar-refractivity contribution in [1.82, 2.24) is 15.3 Å². The van der Waals surface area contributed by atoms with Gasteiger partial charge in [0.25, 0.3) is 5.91 Å². The van der Waals surface area contributed by atoms with Crippen LogP contribution in [0.5, 0.6) is 11.6 Å². The average Bonchev–Trinajstić information content (AvgIpc) is 2.73. The lowest BCUT2D eigenvalue weighted by atomic mass is 10.1. The van der Waals surface area contributed by atoms with Crippen LogP contribution in [0, 0.1) is 11.8 Å². The van der Waals surface area contributed by atoms with Crippen molar-refractivity contribution >= 4 is 5.91 Å². The summed E-state index contributed by atoms with van der Waals surface area (Å²) in [7, 11) is 0. The second kappa shape index (κ2) is 9.31. The van der Waals surface area contributed by atoms with Crippen molar-refractivity contribution in [2.24, 2.45) is 5.73 Å². The second-order valence-corrected chi connectivity index (χ2v) is 5.97. The third-order valence-electron chi connectivity index (χ3n) is 3.91. The van der Waals surface area contributed by atoms with E-state index in [0.717, 1.165) is 5.56 Å². The van der Waals surface area contributed by atoms with E-state index in [1.54, 1.807) is 42.7 Å². The van der Waals surface area contributed by atoms with Gasteiger partial charge in [0, 0.05) is 30.1 Å². The van der Waals surface area contributed by atoms with Gasteiger partial charge in [-0.15, -0.1) is 0 Å². The summed E-state index contributed by atoms with van der Waals surface area (Å²) in [6.45, 7) is 2.18. The zero-order chi connectivity index (χ0) is 19.8. The molecule has 1 unspecified atom stereocenters. The van der Waals surface area contributed by atoms with E-state index in [0.29, 0.717) is 22.9 Å². The topological polar surface area (TPSA) is 90.1 Å². The van der Waals surface area contributed by atoms with Gasteiger partial charge in [-0.2, -0.15) is 0 Å². The molecule has 140 valence electrons. The number of pyridine rings is 2. The van der Waals surface area contributed by atoms with Crippen molar-refractivity contribution in [1.29, 1.82) is 0 Å². The highest BCUT2D eigenvalue weighted by Gasteiger charge is 2.12. The molecule has 3 N–H and O–H groups in total. The third-order valence-corrected chi connectivity index (χ3v) is 3.91. The number of nitrogens with one attached hydrogen (secondary N) is 1. The summed E-state index contributed by atoms with van der Waals surface area (Å²) in [5.41, 5.74) is 7.45. The molecule has 3 aromatic rings. The maximum absolute atomic E-state index is 12.3. The number of hydrogen-bond acceptors (Lipinski definition) is 5. The Morgan fingerprint density at radius 1 is 1.14 bits per heavy atom. The van der Waals surface area contributed by atoms with E-state index in [1.807, 2.05) is 31.2 Å². The molecular weight excluding hydrogens is 352 g/mol. The predicted molar refractivity (Wildman–Crippen MR) is 107 cm³/mol. The molecule has 28 heavy (non-hydrogen) atoms. The van der Waals surface area contributed by atoms with Crippen molar-refractivity contribution in [3.05, 3.63) is 83.8 Å². The molecule has 2 aromatic heterocycles. The molecule has 1 amide bonds. The molecule has 0 saturated carbocycles. The minimum absolute atomic E-state index is 0.135. The molecule has 0 bridgehead atoms. The van der Waals surface area contributed by atoms with Gasteiger partial charge in [0.1, 0.15) is 11.4 Å². The number of nitrogens with zero attached hydrogens (tertiary/aromatic N) is 2. The Bertz CT molecular complexity index is 1010. The Balaban J connectivity index is 1.71. The van der Waals surface area contributed by atoms with Gasteiger partial charge in [0.05, 0.1) is 12.6 Å². The van der Waals surface area contributed by atoms with Crippen LogP contribution in [0.25, 0.3) is 0 Å². The van der Waals surface area contributed by atoms with E-state index in [-0.39, 0.29) is 18.5 Å². The van der Waals surface area contributed by atoms with Crippen LogP contribution < -0.4 is 15.8 Å². The smallest absolute Gasteiger partial charge is 0.251 e. The normalized spacial score (nSPS) is 11.1. The maximum Gasteiger partial charge on any atom is 0.251 e. The molecule has 0 aliphatic heterocycles. The van der Waals surface area contributed by atoms with Crippen LogP contribution in [-0.2, 0) is 0 Å². The zero-order valence-corrected chi connectivity index (χ0v) is 15.4. The fourth-order valence-corrected chi connectivity index (χ4v) is 2.51. The molecule has 3 rings (SSSR count). The Morgan fingerprint density at radius 3 is 2.71 bits per heavy atom. The van der Waals surface area contributed by atoms with Crippen LogP contribution >= 0.6 is 0 Å². The number of amides is 1. The Kier molecular flexibility index (Phi) is 6.34. The van der Waals surface area contributed by atoms with Crippen molar-refractivity contribution < 1.29 is 9.53 Å². The summed E-state index contributed by atoms with van der Waals surface area (Å²) in [5, 5.41) is 2.97. The van der Waals surface area contributed by atoms with Crippen LogP contribution in [0.4, 0.5) is 0 Å². The third kappa shape index (κ3) is 5.16. The van der Waals surface area contributed by atoms with E-state index in [4.69, 9.17) is 10.5 Å². The van der Waals surface area contributed by atoms with Gasteiger partial charge in [-0.25, -0.2) is 9.97 Å². The largest absolute Gasteiger partial charge is 0.439 e. The first-order valence-electron chi connectivity index (χ1n) is 8.80. The van der Waals surface area contributed by atoms with Gasteiger partial charge < -0.3 is 15.8 Å². The van der Waals surface area contributed by atoms with E-state index < -0.39 is 0 Å². The Morgan fingerprint density at radius 2 is 1.93 bits per heavy atom. The van der Waals surface area contributed by atoms with Crippen LogP contribution in [0.2, 0.25) is 0 Å². The molecule has 0 fully saturated rings. The lowest BCUT2D eigenvalue weighted by Gasteiger charge is -2.15. The van der Waals surface area contributed by atoms with E-state index in [1.165, 1.54) is 0 Å². The first-order valence-corrected chi connectivity index (χ1v) is 8.80. The summed E-state index contributed by atoms with van der Waals surface area (Å²) in [6.07, 6.45) is 3.26. The van der Waals surface area contributed by atoms with E-state index in [2.05, 4.69) is 27.1 Å². The van der Waals surface area contributed by atoms with Gasteiger partial charge in [0.15, 0.2) is 0 Å². The summed E-state index contributed by atoms with van der Waals surface area (Å²) in [4.78, 5) is 20.7. The molecule has 6 nitrogen and oxygen atoms in total. The predicted octanol–water partition coefficient (Wildman–Crippen LogP) is 3.07. The van der Waals surface area contributed by atoms with Gasteiger partial charge in [-0.1, -0.05) is 24.1 Å². The number of aromatic nitrogens is 2. The quantitative estimate of drug-likeness (QED) is 0.672. The summed E-state index contributed by atoms with van der Waals surface area (Å²) in [5.74, 6) is 6.47. The molecule has 0 radical (unpaired) electrons. The highest BCUT2D eigenvalue weighted by Crippen LogP contribution is 2.22. The fourth-order valence-electron chi connectivity index (χ4n) is 2.51. The molecule has 0 spiro atoms. The second-order valence-electron chi connectivity index (χ2n) is 5.97. The molecular formula is C22H20N4O2. The van der Waals surface area contributed by atoms with Crippen molar-refractivity contribution in [2.75, 3.05) is 6.54 Å². The van der Waals surface area contributed by atoms with Crippen molar-refractivity contribution in [3.8, 4) is 23.5 Å². The SMILES string of the molecule is CC(NC(=O)c1ccccc1)c1ccnc(Oc2ccnc(C#CCN)c2)c1. The number of hydrogen-bond donors (Lipinski definition) is 2. The Hall–Kier alpha value is -3.69. The maximum atomic E-state index is 12.3. The lowest BCUT2D eigenvalue weighted by molar-refractivity contribution is 0.0940. The highest BCUT2D eigenvalue weighted by atomic mass is 16.5. The highest BCUT2D eigenvalue weighted by molar-refractivity contribution is 5.94. The molecule has 0 aliphatic carbocycles. The first kappa shape index (κ1) is 19.1. The molecule has 6 heteroatoms. The number of carbonyl (C=O) groups excluding carboxylic acids is 1. The monoisotopic (exact) mass is 372 g/mol. The molecule has 1 atom stereocenters. The zero-order valence-electron chi connectivity index (χ0n) is 15.4. The average molecular weight is 372 g/mol. The summed E-state index contributed by atoms with van der Waals surface area (Å²) < 4.78 is 5.82. The summed E-state index contributed by atoms with van der Waals surface area (Å²) in [6, 6.07) is 16.0. The van der Waals surface area contributed by atoms with Gasteiger partial charge in [0.2, 0.25) is 5.88 Å². The lowest BCUT2D eigenvalue weighted by Crippen LogP contribution is -2.26. The van der Waals surface area contributed by atoms with Crippen LogP contribution in [0.3, 0.4) is 0 Å². The molecule has 1 aromatic carbocycles. The summed E-state index contributed by atoms with van der Waals surface area (Å²) >= 11 is 0. The van der Waals surface area contributed by atoms with E-state index >= 15 is 0 Å². The van der Waals surface area contributed by atoms with Crippen LogP contribution in [-0.4, -0.2) is 22.4 Å². The van der Waals surface area contributed by atoms with E-state index in [9.17, 15) is 4.79 Å². The fraction of sp³-hybridized carbons (Fsp3) is 0.136. The van der Waals surface area contributed by atoms with Crippen molar-refractivity contribution in [2.45, 2.75) is 13.0 Å². The molecule has 0 aliphatic rings. The first-order chi connectivity index (χ1) is 13.7.